The van der Waals surface area contributed by atoms with Gasteiger partial charge < -0.3 is 15.1 Å². The third-order valence-corrected chi connectivity index (χ3v) is 3.92. The molecule has 0 amide bonds. The zero-order valence-electron chi connectivity index (χ0n) is 14.5. The Morgan fingerprint density at radius 2 is 1.67 bits per heavy atom. The molecule has 3 rings (SSSR count). The second-order valence-corrected chi connectivity index (χ2v) is 7.04. The molecule has 0 spiro atoms. The fourth-order valence-corrected chi connectivity index (χ4v) is 2.81. The molecular weight excluding hydrogens is 305 g/mol. The van der Waals surface area contributed by atoms with Gasteiger partial charge in [0.05, 0.1) is 5.69 Å². The van der Waals surface area contributed by atoms with Crippen molar-refractivity contribution in [3.8, 4) is 0 Å². The summed E-state index contributed by atoms with van der Waals surface area (Å²) in [5, 5.41) is 3.29. The van der Waals surface area contributed by atoms with Crippen molar-refractivity contribution >= 4 is 17.5 Å². The van der Waals surface area contributed by atoms with Crippen LogP contribution in [0.25, 0.3) is 0 Å². The second kappa shape index (κ2) is 6.63. The molecule has 1 aromatic heterocycles. The topological polar surface area (TPSA) is 44.3 Å². The average Bonchev–Trinajstić information content (AvgIpc) is 2.54. The summed E-state index contributed by atoms with van der Waals surface area (Å²) in [6, 6.07) is 8.86. The molecule has 0 aliphatic carbocycles. The van der Waals surface area contributed by atoms with Gasteiger partial charge in [0.25, 0.3) is 0 Å². The van der Waals surface area contributed by atoms with Crippen LogP contribution in [0.4, 0.5) is 21.8 Å². The molecule has 24 heavy (non-hydrogen) atoms. The lowest BCUT2D eigenvalue weighted by Crippen LogP contribution is -2.47. The number of hydrogen-bond donors (Lipinski definition) is 1. The Labute approximate surface area is 142 Å². The van der Waals surface area contributed by atoms with E-state index in [-0.39, 0.29) is 11.4 Å². The summed E-state index contributed by atoms with van der Waals surface area (Å²) in [5.41, 5.74) is 0.595. The number of piperazine rings is 1. The number of halogens is 1. The summed E-state index contributed by atoms with van der Waals surface area (Å²) < 4.78 is 13.9. The number of benzene rings is 1. The number of aromatic nitrogens is 2. The molecule has 0 radical (unpaired) electrons. The number of rotatable bonds is 3. The Bertz CT molecular complexity index is 690. The van der Waals surface area contributed by atoms with Gasteiger partial charge in [-0.05, 0) is 39.0 Å². The molecule has 0 atom stereocenters. The molecule has 1 N–H and O–H groups in total. The van der Waals surface area contributed by atoms with Crippen LogP contribution < -0.4 is 15.1 Å². The van der Waals surface area contributed by atoms with E-state index >= 15 is 0 Å². The Balaban J connectivity index is 1.67. The Kier molecular flexibility index (Phi) is 4.55. The fraction of sp³-hybridized carbons (Fsp3) is 0.444. The molecule has 0 saturated carbocycles. The number of nitrogens with one attached hydrogen (secondary N) is 1. The number of para-hydroxylation sites is 1. The molecule has 128 valence electrons. The highest BCUT2D eigenvalue weighted by atomic mass is 19.1. The summed E-state index contributed by atoms with van der Waals surface area (Å²) in [4.78, 5) is 13.2. The lowest BCUT2D eigenvalue weighted by atomic mass is 10.1. The third-order valence-electron chi connectivity index (χ3n) is 3.92. The van der Waals surface area contributed by atoms with Crippen molar-refractivity contribution in [2.45, 2.75) is 26.3 Å². The maximum atomic E-state index is 13.9. The molecule has 2 heterocycles. The molecule has 2 aromatic rings. The van der Waals surface area contributed by atoms with Crippen molar-refractivity contribution in [3.05, 3.63) is 42.3 Å². The molecule has 5 nitrogen and oxygen atoms in total. The zero-order chi connectivity index (χ0) is 17.2. The minimum absolute atomic E-state index is 0.0812. The summed E-state index contributed by atoms with van der Waals surface area (Å²) in [6.45, 7) is 9.39. The average molecular weight is 329 g/mol. The first-order valence-corrected chi connectivity index (χ1v) is 8.28. The van der Waals surface area contributed by atoms with E-state index in [2.05, 4.69) is 45.9 Å². The maximum absolute atomic E-state index is 13.9. The number of hydrogen-bond acceptors (Lipinski definition) is 5. The minimum Gasteiger partial charge on any atom is -0.366 e. The van der Waals surface area contributed by atoms with E-state index in [9.17, 15) is 4.39 Å². The van der Waals surface area contributed by atoms with Gasteiger partial charge in [-0.15, -0.1) is 0 Å². The van der Waals surface area contributed by atoms with E-state index in [0.717, 1.165) is 32.0 Å². The van der Waals surface area contributed by atoms with Crippen LogP contribution in [0.5, 0.6) is 0 Å². The Morgan fingerprint density at radius 1 is 1.00 bits per heavy atom. The maximum Gasteiger partial charge on any atom is 0.225 e. The van der Waals surface area contributed by atoms with Crippen LogP contribution in [0.15, 0.2) is 36.5 Å². The first kappa shape index (κ1) is 16.5. The highest BCUT2D eigenvalue weighted by Crippen LogP contribution is 2.22. The van der Waals surface area contributed by atoms with E-state index in [0.29, 0.717) is 11.6 Å². The first-order chi connectivity index (χ1) is 11.4. The van der Waals surface area contributed by atoms with Crippen LogP contribution in [0.3, 0.4) is 0 Å². The Hall–Kier alpha value is -2.37. The normalized spacial score (nSPS) is 15.5. The van der Waals surface area contributed by atoms with Gasteiger partial charge in [-0.2, -0.15) is 4.98 Å². The monoisotopic (exact) mass is 329 g/mol. The molecule has 1 saturated heterocycles. The second-order valence-electron chi connectivity index (χ2n) is 7.04. The SMILES string of the molecule is CC(C)(C)Nc1nccc(N2CCN(c3ccccc3F)CC2)n1. The van der Waals surface area contributed by atoms with Gasteiger partial charge in [0, 0.05) is 37.9 Å². The molecule has 1 aliphatic rings. The standard InChI is InChI=1S/C18H24FN5/c1-18(2,3)22-17-20-9-8-16(21-17)24-12-10-23(11-13-24)15-7-5-4-6-14(15)19/h4-9H,10-13H2,1-3H3,(H,20,21,22). The summed E-state index contributed by atoms with van der Waals surface area (Å²) in [7, 11) is 0. The smallest absolute Gasteiger partial charge is 0.225 e. The van der Waals surface area contributed by atoms with Gasteiger partial charge in [0.15, 0.2) is 0 Å². The van der Waals surface area contributed by atoms with Gasteiger partial charge in [-0.25, -0.2) is 9.37 Å². The van der Waals surface area contributed by atoms with Crippen LogP contribution >= 0.6 is 0 Å². The third kappa shape index (κ3) is 3.93. The van der Waals surface area contributed by atoms with Crippen molar-refractivity contribution in [2.75, 3.05) is 41.3 Å². The van der Waals surface area contributed by atoms with Gasteiger partial charge in [0.1, 0.15) is 11.6 Å². The largest absolute Gasteiger partial charge is 0.366 e. The lowest BCUT2D eigenvalue weighted by Gasteiger charge is -2.37. The van der Waals surface area contributed by atoms with E-state index < -0.39 is 0 Å². The first-order valence-electron chi connectivity index (χ1n) is 8.28. The van der Waals surface area contributed by atoms with Crippen molar-refractivity contribution in [1.82, 2.24) is 9.97 Å². The highest BCUT2D eigenvalue weighted by Gasteiger charge is 2.21. The summed E-state index contributed by atoms with van der Waals surface area (Å²) in [5.74, 6) is 1.38. The predicted octanol–water partition coefficient (Wildman–Crippen LogP) is 3.15. The lowest BCUT2D eigenvalue weighted by molar-refractivity contribution is 0.595. The van der Waals surface area contributed by atoms with E-state index in [1.807, 2.05) is 18.2 Å². The molecule has 0 bridgehead atoms. The van der Waals surface area contributed by atoms with E-state index in [1.165, 1.54) is 6.07 Å². The minimum atomic E-state index is -0.162. The van der Waals surface area contributed by atoms with Crippen molar-refractivity contribution < 1.29 is 4.39 Å². The molecule has 1 aliphatic heterocycles. The molecule has 1 aromatic carbocycles. The molecule has 0 unspecified atom stereocenters. The summed E-state index contributed by atoms with van der Waals surface area (Å²) in [6.07, 6.45) is 1.78. The van der Waals surface area contributed by atoms with Crippen molar-refractivity contribution in [1.29, 1.82) is 0 Å². The molecule has 1 fully saturated rings. The van der Waals surface area contributed by atoms with E-state index in [4.69, 9.17) is 0 Å². The van der Waals surface area contributed by atoms with Crippen LogP contribution in [0.1, 0.15) is 20.8 Å². The number of nitrogens with zero attached hydrogens (tertiary/aromatic N) is 4. The van der Waals surface area contributed by atoms with Gasteiger partial charge in [-0.3, -0.25) is 0 Å². The van der Waals surface area contributed by atoms with Crippen molar-refractivity contribution in [2.24, 2.45) is 0 Å². The highest BCUT2D eigenvalue weighted by molar-refractivity contribution is 5.51. The summed E-state index contributed by atoms with van der Waals surface area (Å²) >= 11 is 0. The van der Waals surface area contributed by atoms with Gasteiger partial charge in [-0.1, -0.05) is 12.1 Å². The molecular formula is C18H24FN5. The van der Waals surface area contributed by atoms with Gasteiger partial charge >= 0.3 is 0 Å². The molecule has 6 heteroatoms. The van der Waals surface area contributed by atoms with Gasteiger partial charge in [0.2, 0.25) is 5.95 Å². The van der Waals surface area contributed by atoms with Crippen LogP contribution in [-0.4, -0.2) is 41.7 Å². The van der Waals surface area contributed by atoms with E-state index in [1.54, 1.807) is 12.3 Å². The van der Waals surface area contributed by atoms with Crippen LogP contribution in [-0.2, 0) is 0 Å². The predicted molar refractivity (Wildman–Crippen MR) is 96.2 cm³/mol. The Morgan fingerprint density at radius 3 is 2.33 bits per heavy atom. The quantitative estimate of drug-likeness (QED) is 0.937. The van der Waals surface area contributed by atoms with Crippen molar-refractivity contribution in [3.63, 3.8) is 0 Å². The number of anilines is 3. The van der Waals surface area contributed by atoms with Crippen LogP contribution in [0, 0.1) is 5.82 Å². The fourth-order valence-electron chi connectivity index (χ4n) is 2.81. The zero-order valence-corrected chi connectivity index (χ0v) is 14.5. The van der Waals surface area contributed by atoms with Crippen LogP contribution in [0.2, 0.25) is 0 Å².